The average molecular weight is 835 g/mol. The monoisotopic (exact) mass is 834 g/mol. The van der Waals surface area contributed by atoms with Crippen molar-refractivity contribution in [3.05, 3.63) is 204 Å². The SMILES string of the molecule is CC1(C)c2ccccc2N(c2ccc(-c3ccc(N4c5ccccc5C(C)(C)c5cc(-c6nc7ccccc7s6)ccc54)cc3)cc2)c2ccc(-c3nc4ccccc4s3)cc21. The van der Waals surface area contributed by atoms with Crippen LogP contribution in [0.2, 0.25) is 0 Å². The van der Waals surface area contributed by atoms with Crippen molar-refractivity contribution in [2.45, 2.75) is 38.5 Å². The first-order valence-electron chi connectivity index (χ1n) is 21.2. The number of nitrogens with zero attached hydrogens (tertiary/aromatic N) is 4. The van der Waals surface area contributed by atoms with E-state index in [2.05, 4.69) is 219 Å². The Morgan fingerprint density at radius 3 is 1.13 bits per heavy atom. The number of aromatic nitrogens is 2. The molecular weight excluding hydrogens is 793 g/mol. The quantitative estimate of drug-likeness (QED) is 0.173. The van der Waals surface area contributed by atoms with Gasteiger partial charge in [0, 0.05) is 33.3 Å². The molecule has 0 atom stereocenters. The van der Waals surface area contributed by atoms with Crippen molar-refractivity contribution >= 4 is 77.2 Å². The second kappa shape index (κ2) is 13.8. The summed E-state index contributed by atoms with van der Waals surface area (Å²) in [4.78, 5) is 14.9. The molecule has 4 nitrogen and oxygen atoms in total. The fourth-order valence-corrected chi connectivity index (χ4v) is 11.8. The van der Waals surface area contributed by atoms with Gasteiger partial charge in [0.1, 0.15) is 10.0 Å². The van der Waals surface area contributed by atoms with Crippen LogP contribution in [-0.2, 0) is 10.8 Å². The first kappa shape index (κ1) is 36.9. The summed E-state index contributed by atoms with van der Waals surface area (Å²) in [5.41, 5.74) is 18.7. The van der Waals surface area contributed by atoms with Gasteiger partial charge in [-0.1, -0.05) is 113 Å². The summed E-state index contributed by atoms with van der Waals surface area (Å²) in [7, 11) is 0. The van der Waals surface area contributed by atoms with Gasteiger partial charge in [-0.2, -0.15) is 0 Å². The van der Waals surface area contributed by atoms with E-state index in [0.717, 1.165) is 43.6 Å². The third-order valence-corrected chi connectivity index (χ3v) is 15.3. The molecule has 8 aromatic carbocycles. The lowest BCUT2D eigenvalue weighted by atomic mass is 9.73. The van der Waals surface area contributed by atoms with Crippen molar-refractivity contribution in [3.8, 4) is 32.3 Å². The molecule has 0 aliphatic carbocycles. The van der Waals surface area contributed by atoms with Crippen molar-refractivity contribution in [1.29, 1.82) is 0 Å². The Labute approximate surface area is 370 Å². The van der Waals surface area contributed by atoms with E-state index in [1.807, 2.05) is 0 Å². The van der Waals surface area contributed by atoms with Crippen molar-refractivity contribution in [1.82, 2.24) is 9.97 Å². The van der Waals surface area contributed by atoms with Gasteiger partial charge in [-0.05, 0) is 130 Å². The molecule has 2 aromatic heterocycles. The molecule has 62 heavy (non-hydrogen) atoms. The second-order valence-electron chi connectivity index (χ2n) is 17.5. The van der Waals surface area contributed by atoms with Gasteiger partial charge in [0.15, 0.2) is 0 Å². The smallest absolute Gasteiger partial charge is 0.124 e. The maximum Gasteiger partial charge on any atom is 0.124 e. The van der Waals surface area contributed by atoms with Crippen molar-refractivity contribution < 1.29 is 0 Å². The molecule has 0 radical (unpaired) electrons. The Morgan fingerprint density at radius 1 is 0.355 bits per heavy atom. The van der Waals surface area contributed by atoms with Gasteiger partial charge in [-0.3, -0.25) is 0 Å². The molecule has 0 bridgehead atoms. The van der Waals surface area contributed by atoms with Crippen LogP contribution in [0, 0.1) is 0 Å². The van der Waals surface area contributed by atoms with Gasteiger partial charge in [-0.15, -0.1) is 22.7 Å². The molecule has 10 aromatic rings. The standard InChI is InChI=1S/C56H42N4S2/c1-55(2)41-13-5-9-17-47(41)59(49-31-25-37(33-43(49)55)53-57-45-15-7-11-19-51(45)61-53)39-27-21-35(22-28-39)36-23-29-40(30-24-36)60-48-18-10-6-14-42(48)56(3,4)44-34-38(26-32-50(44)60)54-58-46-16-8-12-20-52(46)62-54/h5-34H,1-4H3. The van der Waals surface area contributed by atoms with Crippen LogP contribution in [0.4, 0.5) is 34.1 Å². The molecular formula is C56H42N4S2. The fraction of sp³-hybridized carbons (Fsp3) is 0.107. The molecule has 298 valence electrons. The number of benzene rings is 8. The molecule has 12 rings (SSSR count). The van der Waals surface area contributed by atoms with Gasteiger partial charge in [-0.25, -0.2) is 9.97 Å². The molecule has 2 aliphatic heterocycles. The lowest BCUT2D eigenvalue weighted by Gasteiger charge is -2.42. The van der Waals surface area contributed by atoms with E-state index in [1.54, 1.807) is 22.7 Å². The summed E-state index contributed by atoms with van der Waals surface area (Å²) in [5, 5.41) is 2.11. The highest BCUT2D eigenvalue weighted by atomic mass is 32.1. The molecule has 2 aliphatic rings. The van der Waals surface area contributed by atoms with E-state index >= 15 is 0 Å². The van der Waals surface area contributed by atoms with Gasteiger partial charge in [0.25, 0.3) is 0 Å². The zero-order chi connectivity index (χ0) is 41.7. The molecule has 0 unspecified atom stereocenters. The summed E-state index contributed by atoms with van der Waals surface area (Å²) in [6, 6.07) is 66.5. The molecule has 0 spiro atoms. The molecule has 0 saturated heterocycles. The second-order valence-corrected chi connectivity index (χ2v) is 19.5. The maximum atomic E-state index is 5.02. The Bertz CT molecular complexity index is 3080. The van der Waals surface area contributed by atoms with E-state index in [4.69, 9.17) is 9.97 Å². The van der Waals surface area contributed by atoms with Crippen molar-refractivity contribution in [3.63, 3.8) is 0 Å². The highest BCUT2D eigenvalue weighted by molar-refractivity contribution is 7.22. The molecule has 4 heterocycles. The predicted octanol–water partition coefficient (Wildman–Crippen LogP) is 16.1. The number of anilines is 6. The molecule has 6 heteroatoms. The zero-order valence-corrected chi connectivity index (χ0v) is 36.6. The minimum Gasteiger partial charge on any atom is -0.310 e. The number of hydrogen-bond donors (Lipinski definition) is 0. The topological polar surface area (TPSA) is 32.3 Å². The van der Waals surface area contributed by atoms with Crippen LogP contribution < -0.4 is 9.80 Å². The van der Waals surface area contributed by atoms with E-state index in [0.29, 0.717) is 0 Å². The lowest BCUT2D eigenvalue weighted by molar-refractivity contribution is 0.632. The van der Waals surface area contributed by atoms with Crippen LogP contribution in [0.3, 0.4) is 0 Å². The Morgan fingerprint density at radius 2 is 0.710 bits per heavy atom. The highest BCUT2D eigenvalue weighted by Gasteiger charge is 2.38. The Hall–Kier alpha value is -6.86. The van der Waals surface area contributed by atoms with Gasteiger partial charge >= 0.3 is 0 Å². The van der Waals surface area contributed by atoms with Crippen LogP contribution in [0.25, 0.3) is 52.7 Å². The number of hydrogen-bond acceptors (Lipinski definition) is 6. The van der Waals surface area contributed by atoms with E-state index < -0.39 is 0 Å². The van der Waals surface area contributed by atoms with Crippen molar-refractivity contribution in [2.24, 2.45) is 0 Å². The lowest BCUT2D eigenvalue weighted by Crippen LogP contribution is -2.30. The van der Waals surface area contributed by atoms with Crippen molar-refractivity contribution in [2.75, 3.05) is 9.80 Å². The summed E-state index contributed by atoms with van der Waals surface area (Å²) >= 11 is 3.51. The first-order chi connectivity index (χ1) is 30.2. The maximum absolute atomic E-state index is 5.02. The summed E-state index contributed by atoms with van der Waals surface area (Å²) < 4.78 is 2.42. The average Bonchev–Trinajstić information content (AvgIpc) is 3.95. The summed E-state index contributed by atoms with van der Waals surface area (Å²) in [6.07, 6.45) is 0. The third-order valence-electron chi connectivity index (χ3n) is 13.1. The van der Waals surface area contributed by atoms with Crippen LogP contribution >= 0.6 is 22.7 Å². The molecule has 0 amide bonds. The largest absolute Gasteiger partial charge is 0.310 e. The predicted molar refractivity (Wildman–Crippen MR) is 263 cm³/mol. The number of para-hydroxylation sites is 4. The molecule has 0 saturated carbocycles. The summed E-state index contributed by atoms with van der Waals surface area (Å²) in [5.74, 6) is 0. The number of rotatable bonds is 5. The van der Waals surface area contributed by atoms with Gasteiger partial charge in [0.05, 0.1) is 43.2 Å². The minimum atomic E-state index is -0.194. The van der Waals surface area contributed by atoms with E-state index in [9.17, 15) is 0 Å². The fourth-order valence-electron chi connectivity index (χ4n) is 9.83. The molecule has 0 fully saturated rings. The van der Waals surface area contributed by atoms with Crippen LogP contribution in [0.5, 0.6) is 0 Å². The van der Waals surface area contributed by atoms with E-state index in [-0.39, 0.29) is 10.8 Å². The summed E-state index contributed by atoms with van der Waals surface area (Å²) in [6.45, 7) is 9.39. The first-order valence-corrected chi connectivity index (χ1v) is 22.9. The van der Waals surface area contributed by atoms with Gasteiger partial charge in [0.2, 0.25) is 0 Å². The van der Waals surface area contributed by atoms with Crippen LogP contribution in [0.1, 0.15) is 49.9 Å². The number of thiazole rings is 2. The molecule has 0 N–H and O–H groups in total. The highest BCUT2D eigenvalue weighted by Crippen LogP contribution is 2.55. The Kier molecular flexibility index (Phi) is 8.24. The van der Waals surface area contributed by atoms with E-state index in [1.165, 1.54) is 65.5 Å². The zero-order valence-electron chi connectivity index (χ0n) is 34.9. The normalized spacial score (nSPS) is 14.6. The Balaban J connectivity index is 0.887. The van der Waals surface area contributed by atoms with Crippen LogP contribution in [-0.4, -0.2) is 9.97 Å². The van der Waals surface area contributed by atoms with Crippen LogP contribution in [0.15, 0.2) is 182 Å². The number of fused-ring (bicyclic) bond motifs is 6. The van der Waals surface area contributed by atoms with Gasteiger partial charge < -0.3 is 9.80 Å². The minimum absolute atomic E-state index is 0.194. The third kappa shape index (κ3) is 5.70.